The summed E-state index contributed by atoms with van der Waals surface area (Å²) in [4.78, 5) is 12.1. The summed E-state index contributed by atoms with van der Waals surface area (Å²) in [5.41, 5.74) is 6.94. The molecule has 0 aromatic heterocycles. The molecule has 1 fully saturated rings. The van der Waals surface area contributed by atoms with Crippen LogP contribution in [0.2, 0.25) is 0 Å². The molecule has 21 heavy (non-hydrogen) atoms. The summed E-state index contributed by atoms with van der Waals surface area (Å²) in [7, 11) is 0. The van der Waals surface area contributed by atoms with Crippen LogP contribution in [-0.2, 0) is 11.2 Å². The van der Waals surface area contributed by atoms with Crippen molar-refractivity contribution in [1.82, 2.24) is 5.32 Å². The SMILES string of the molecule is CCCC(C)(N)C(=O)NCC1(Cc2ccccc2)CC1.Cl. The topological polar surface area (TPSA) is 55.1 Å². The molecule has 1 aromatic carbocycles. The first-order valence-electron chi connectivity index (χ1n) is 7.59. The van der Waals surface area contributed by atoms with Gasteiger partial charge in [0.15, 0.2) is 0 Å². The summed E-state index contributed by atoms with van der Waals surface area (Å²) in [5, 5.41) is 3.07. The van der Waals surface area contributed by atoms with Gasteiger partial charge in [-0.2, -0.15) is 0 Å². The number of hydrogen-bond donors (Lipinski definition) is 2. The zero-order valence-corrected chi connectivity index (χ0v) is 13.8. The van der Waals surface area contributed by atoms with Crippen molar-refractivity contribution in [2.24, 2.45) is 11.1 Å². The van der Waals surface area contributed by atoms with Crippen molar-refractivity contribution in [1.29, 1.82) is 0 Å². The highest BCUT2D eigenvalue weighted by Gasteiger charge is 2.43. The van der Waals surface area contributed by atoms with E-state index in [0.717, 1.165) is 25.8 Å². The number of nitrogens with one attached hydrogen (secondary N) is 1. The molecule has 0 saturated heterocycles. The Bertz CT molecular complexity index is 455. The molecule has 0 bridgehead atoms. The van der Waals surface area contributed by atoms with Gasteiger partial charge in [0.25, 0.3) is 0 Å². The predicted molar refractivity (Wildman–Crippen MR) is 89.6 cm³/mol. The van der Waals surface area contributed by atoms with Crippen molar-refractivity contribution >= 4 is 18.3 Å². The highest BCUT2D eigenvalue weighted by molar-refractivity contribution is 5.85. The Morgan fingerprint density at radius 3 is 2.48 bits per heavy atom. The number of amides is 1. The second-order valence-electron chi connectivity index (χ2n) is 6.51. The lowest BCUT2D eigenvalue weighted by atomic mass is 9.94. The van der Waals surface area contributed by atoms with Crippen LogP contribution in [0.3, 0.4) is 0 Å². The molecule has 2 rings (SSSR count). The first kappa shape index (κ1) is 18.0. The lowest BCUT2D eigenvalue weighted by molar-refractivity contribution is -0.126. The Morgan fingerprint density at radius 2 is 1.95 bits per heavy atom. The van der Waals surface area contributed by atoms with Crippen molar-refractivity contribution in [3.63, 3.8) is 0 Å². The molecule has 118 valence electrons. The third-order valence-corrected chi connectivity index (χ3v) is 4.29. The fourth-order valence-electron chi connectivity index (χ4n) is 2.72. The smallest absolute Gasteiger partial charge is 0.239 e. The fourth-order valence-corrected chi connectivity index (χ4v) is 2.72. The summed E-state index contributed by atoms with van der Waals surface area (Å²) >= 11 is 0. The van der Waals surface area contributed by atoms with E-state index in [0.29, 0.717) is 0 Å². The number of carbonyl (C=O) groups excluding carboxylic acids is 1. The highest BCUT2D eigenvalue weighted by atomic mass is 35.5. The molecule has 0 heterocycles. The normalized spacial score (nSPS) is 18.2. The van der Waals surface area contributed by atoms with E-state index in [1.807, 2.05) is 13.0 Å². The van der Waals surface area contributed by atoms with E-state index in [1.165, 1.54) is 18.4 Å². The lowest BCUT2D eigenvalue weighted by Gasteiger charge is -2.25. The van der Waals surface area contributed by atoms with Crippen LogP contribution < -0.4 is 11.1 Å². The van der Waals surface area contributed by atoms with E-state index >= 15 is 0 Å². The van der Waals surface area contributed by atoms with E-state index in [2.05, 4.69) is 36.5 Å². The Labute approximate surface area is 134 Å². The molecular formula is C17H27ClN2O. The maximum atomic E-state index is 12.1. The van der Waals surface area contributed by atoms with E-state index < -0.39 is 5.54 Å². The maximum Gasteiger partial charge on any atom is 0.239 e. The predicted octanol–water partition coefficient (Wildman–Crippen LogP) is 3.06. The molecule has 3 nitrogen and oxygen atoms in total. The van der Waals surface area contributed by atoms with Crippen LogP contribution in [-0.4, -0.2) is 18.0 Å². The summed E-state index contributed by atoms with van der Waals surface area (Å²) in [6.45, 7) is 4.62. The number of nitrogens with two attached hydrogens (primary N) is 1. The average Bonchev–Trinajstić information content (AvgIpc) is 3.17. The van der Waals surface area contributed by atoms with E-state index in [-0.39, 0.29) is 23.7 Å². The Hall–Kier alpha value is -1.06. The van der Waals surface area contributed by atoms with Gasteiger partial charge in [-0.1, -0.05) is 43.7 Å². The van der Waals surface area contributed by atoms with Crippen LogP contribution in [0.4, 0.5) is 0 Å². The highest BCUT2D eigenvalue weighted by Crippen LogP contribution is 2.47. The maximum absolute atomic E-state index is 12.1. The van der Waals surface area contributed by atoms with Gasteiger partial charge in [0.2, 0.25) is 5.91 Å². The number of rotatable bonds is 7. The van der Waals surface area contributed by atoms with Crippen molar-refractivity contribution in [2.75, 3.05) is 6.54 Å². The van der Waals surface area contributed by atoms with Gasteiger partial charge < -0.3 is 11.1 Å². The van der Waals surface area contributed by atoms with Crippen molar-refractivity contribution in [2.45, 2.75) is 51.5 Å². The molecular weight excluding hydrogens is 284 g/mol. The summed E-state index contributed by atoms with van der Waals surface area (Å²) in [6, 6.07) is 10.5. The first-order chi connectivity index (χ1) is 9.47. The van der Waals surface area contributed by atoms with Gasteiger partial charge in [-0.25, -0.2) is 0 Å². The van der Waals surface area contributed by atoms with Crippen LogP contribution in [0.25, 0.3) is 0 Å². The number of carbonyl (C=O) groups is 1. The zero-order chi connectivity index (χ0) is 14.6. The molecule has 1 aromatic rings. The summed E-state index contributed by atoms with van der Waals surface area (Å²) in [6.07, 6.45) is 5.08. The van der Waals surface area contributed by atoms with Crippen LogP contribution in [0.15, 0.2) is 30.3 Å². The fraction of sp³-hybridized carbons (Fsp3) is 0.588. The molecule has 1 aliphatic rings. The third kappa shape index (κ3) is 5.01. The van der Waals surface area contributed by atoms with Crippen LogP contribution in [0.1, 0.15) is 45.1 Å². The lowest BCUT2D eigenvalue weighted by Crippen LogP contribution is -2.52. The van der Waals surface area contributed by atoms with Gasteiger partial charge in [-0.15, -0.1) is 12.4 Å². The van der Waals surface area contributed by atoms with Gasteiger partial charge in [-0.05, 0) is 43.6 Å². The molecule has 1 saturated carbocycles. The van der Waals surface area contributed by atoms with Crippen LogP contribution in [0.5, 0.6) is 0 Å². The standard InChI is InChI=1S/C17H26N2O.ClH/c1-3-9-16(2,18)15(20)19-13-17(10-11-17)12-14-7-5-4-6-8-14;/h4-8H,3,9-13,18H2,1-2H3,(H,19,20);1H. The second-order valence-corrected chi connectivity index (χ2v) is 6.51. The van der Waals surface area contributed by atoms with Gasteiger partial charge in [-0.3, -0.25) is 4.79 Å². The Morgan fingerprint density at radius 1 is 1.33 bits per heavy atom. The number of benzene rings is 1. The number of halogens is 1. The molecule has 0 radical (unpaired) electrons. The van der Waals surface area contributed by atoms with Gasteiger partial charge in [0.05, 0.1) is 5.54 Å². The molecule has 3 N–H and O–H groups in total. The van der Waals surface area contributed by atoms with E-state index in [1.54, 1.807) is 0 Å². The monoisotopic (exact) mass is 310 g/mol. The van der Waals surface area contributed by atoms with Crippen molar-refractivity contribution in [3.05, 3.63) is 35.9 Å². The quantitative estimate of drug-likeness (QED) is 0.813. The number of hydrogen-bond acceptors (Lipinski definition) is 2. The Balaban J connectivity index is 0.00000220. The van der Waals surface area contributed by atoms with Crippen molar-refractivity contribution < 1.29 is 4.79 Å². The van der Waals surface area contributed by atoms with E-state index in [9.17, 15) is 4.79 Å². The zero-order valence-electron chi connectivity index (χ0n) is 13.0. The second kappa shape index (κ2) is 7.28. The van der Waals surface area contributed by atoms with E-state index in [4.69, 9.17) is 5.73 Å². The molecule has 1 amide bonds. The van der Waals surface area contributed by atoms with Gasteiger partial charge in [0.1, 0.15) is 0 Å². The molecule has 1 aliphatic carbocycles. The van der Waals surface area contributed by atoms with Crippen LogP contribution >= 0.6 is 12.4 Å². The minimum Gasteiger partial charge on any atom is -0.354 e. The molecule has 1 atom stereocenters. The summed E-state index contributed by atoms with van der Waals surface area (Å²) in [5.74, 6) is -0.0151. The van der Waals surface area contributed by atoms with Gasteiger partial charge in [0, 0.05) is 6.54 Å². The Kier molecular flexibility index (Phi) is 6.24. The molecule has 4 heteroatoms. The largest absolute Gasteiger partial charge is 0.354 e. The summed E-state index contributed by atoms with van der Waals surface area (Å²) < 4.78 is 0. The molecule has 0 spiro atoms. The van der Waals surface area contributed by atoms with Gasteiger partial charge >= 0.3 is 0 Å². The average molecular weight is 311 g/mol. The third-order valence-electron chi connectivity index (χ3n) is 4.29. The molecule has 1 unspecified atom stereocenters. The van der Waals surface area contributed by atoms with Crippen molar-refractivity contribution in [3.8, 4) is 0 Å². The first-order valence-corrected chi connectivity index (χ1v) is 7.59. The molecule has 0 aliphatic heterocycles. The minimum atomic E-state index is -0.739. The van der Waals surface area contributed by atoms with Crippen LogP contribution in [0, 0.1) is 5.41 Å². The minimum absolute atomic E-state index is 0.